The Labute approximate surface area is 330 Å². The van der Waals surface area contributed by atoms with Gasteiger partial charge < -0.3 is 0 Å². The third kappa shape index (κ3) is 6.11. The van der Waals surface area contributed by atoms with Gasteiger partial charge in [0.05, 0.1) is 26.7 Å². The molecule has 1 aliphatic heterocycles. The molecule has 7 aromatic carbocycles. The second-order valence-corrected chi connectivity index (χ2v) is 15.7. The van der Waals surface area contributed by atoms with Crippen molar-refractivity contribution in [2.24, 2.45) is 0 Å². The number of rotatable bonds is 4. The SMILES string of the molecule is O=S1(=O)c2ccccc2-c2ccccc2-c2ccccc2-c2ccc(-c3cc(-c4ccccc4)nc(-c4cnc(-c5ccccc5)nc4)n3)cc2-c2ccccc21. The standard InChI is InChI=1S/C50H32N4O2S/c55-57(56)47-25-13-11-23-42(47)40-22-10-9-20-38(40)37-19-7-8-21-39(37)41-28-27-35(29-44(41)43-24-12-14-26-48(43)57)46-30-45(33-15-3-1-4-16-33)53-50(54-46)36-31-51-49(52-32-36)34-17-5-2-6-18-34/h1-32H. The van der Waals surface area contributed by atoms with Crippen LogP contribution < -0.4 is 0 Å². The lowest BCUT2D eigenvalue weighted by atomic mass is 9.86. The predicted octanol–water partition coefficient (Wildman–Crippen LogP) is 11.7. The number of nitrogens with zero attached hydrogens (tertiary/aromatic N) is 4. The van der Waals surface area contributed by atoms with E-state index in [-0.39, 0.29) is 9.79 Å². The minimum absolute atomic E-state index is 0.233. The third-order valence-corrected chi connectivity index (χ3v) is 12.3. The molecule has 6 nitrogen and oxygen atoms in total. The van der Waals surface area contributed by atoms with E-state index < -0.39 is 9.84 Å². The Balaban J connectivity index is 1.22. The molecule has 0 atom stereocenters. The number of benzene rings is 7. The average molecular weight is 753 g/mol. The van der Waals surface area contributed by atoms with E-state index in [4.69, 9.17) is 9.97 Å². The van der Waals surface area contributed by atoms with Gasteiger partial charge in [-0.1, -0.05) is 158 Å². The van der Waals surface area contributed by atoms with Crippen molar-refractivity contribution in [2.75, 3.05) is 0 Å². The molecule has 9 aromatic rings. The Kier molecular flexibility index (Phi) is 8.42. The van der Waals surface area contributed by atoms with Gasteiger partial charge in [-0.3, -0.25) is 0 Å². The smallest absolute Gasteiger partial charge is 0.207 e. The summed E-state index contributed by atoms with van der Waals surface area (Å²) in [5, 5.41) is 0. The molecule has 0 unspecified atom stereocenters. The van der Waals surface area contributed by atoms with Crippen LogP contribution >= 0.6 is 0 Å². The first-order valence-corrected chi connectivity index (χ1v) is 20.1. The van der Waals surface area contributed by atoms with Crippen LogP contribution in [0.15, 0.2) is 204 Å². The molecule has 0 aliphatic carbocycles. The van der Waals surface area contributed by atoms with Crippen LogP contribution in [0.1, 0.15) is 0 Å². The third-order valence-electron chi connectivity index (χ3n) is 10.4. The maximum Gasteiger partial charge on any atom is 0.207 e. The molecule has 2 aromatic heterocycles. The Hall–Kier alpha value is -7.35. The molecule has 0 radical (unpaired) electrons. The molecule has 0 fully saturated rings. The van der Waals surface area contributed by atoms with Crippen molar-refractivity contribution in [3.05, 3.63) is 194 Å². The van der Waals surface area contributed by atoms with Crippen LogP contribution in [0.3, 0.4) is 0 Å². The van der Waals surface area contributed by atoms with Crippen LogP contribution in [-0.4, -0.2) is 28.4 Å². The first kappa shape index (κ1) is 34.2. The van der Waals surface area contributed by atoms with Gasteiger partial charge in [-0.2, -0.15) is 0 Å². The van der Waals surface area contributed by atoms with Crippen LogP contribution in [0.2, 0.25) is 0 Å². The summed E-state index contributed by atoms with van der Waals surface area (Å²) in [6.45, 7) is 0. The molecule has 10 rings (SSSR count). The second-order valence-electron chi connectivity index (χ2n) is 13.8. The van der Waals surface area contributed by atoms with Gasteiger partial charge in [0.15, 0.2) is 11.6 Å². The van der Waals surface area contributed by atoms with E-state index in [1.54, 1.807) is 36.7 Å². The van der Waals surface area contributed by atoms with Crippen LogP contribution in [-0.2, 0) is 9.84 Å². The Morgan fingerprint density at radius 3 is 1.30 bits per heavy atom. The lowest BCUT2D eigenvalue weighted by molar-refractivity contribution is 0.596. The highest BCUT2D eigenvalue weighted by Crippen LogP contribution is 2.47. The van der Waals surface area contributed by atoms with Crippen LogP contribution in [0.5, 0.6) is 0 Å². The zero-order valence-corrected chi connectivity index (χ0v) is 31.3. The van der Waals surface area contributed by atoms with Crippen LogP contribution in [0, 0.1) is 0 Å². The topological polar surface area (TPSA) is 85.7 Å². The first-order valence-electron chi connectivity index (χ1n) is 18.6. The molecular weight excluding hydrogens is 721 g/mol. The molecule has 7 heteroatoms. The molecule has 3 heterocycles. The number of hydrogen-bond acceptors (Lipinski definition) is 6. The maximum absolute atomic E-state index is 15.0. The van der Waals surface area contributed by atoms with Crippen molar-refractivity contribution >= 4 is 9.84 Å². The van der Waals surface area contributed by atoms with Gasteiger partial charge in [-0.25, -0.2) is 28.4 Å². The quantitative estimate of drug-likeness (QED) is 0.178. The minimum atomic E-state index is -4.02. The van der Waals surface area contributed by atoms with E-state index in [1.165, 1.54) is 0 Å². The molecule has 1 aliphatic rings. The zero-order valence-electron chi connectivity index (χ0n) is 30.5. The van der Waals surface area contributed by atoms with Gasteiger partial charge in [-0.15, -0.1) is 0 Å². The van der Waals surface area contributed by atoms with Gasteiger partial charge in [0.25, 0.3) is 0 Å². The number of aromatic nitrogens is 4. The summed E-state index contributed by atoms with van der Waals surface area (Å²) in [6.07, 6.45) is 3.51. The molecule has 57 heavy (non-hydrogen) atoms. The second kappa shape index (κ2) is 14.1. The lowest BCUT2D eigenvalue weighted by Gasteiger charge is -2.18. The molecule has 0 saturated carbocycles. The summed E-state index contributed by atoms with van der Waals surface area (Å²) in [5.74, 6) is 1.09. The van der Waals surface area contributed by atoms with E-state index >= 15 is 0 Å². The fourth-order valence-corrected chi connectivity index (χ4v) is 9.38. The van der Waals surface area contributed by atoms with E-state index in [1.807, 2.05) is 121 Å². The minimum Gasteiger partial charge on any atom is -0.236 e. The van der Waals surface area contributed by atoms with Crippen molar-refractivity contribution in [3.8, 4) is 89.8 Å². The van der Waals surface area contributed by atoms with Gasteiger partial charge in [0.2, 0.25) is 9.84 Å². The van der Waals surface area contributed by atoms with Crippen LogP contribution in [0.25, 0.3) is 89.8 Å². The highest BCUT2D eigenvalue weighted by Gasteiger charge is 2.29. The molecule has 0 saturated heterocycles. The summed E-state index contributed by atoms with van der Waals surface area (Å²) in [5.41, 5.74) is 11.5. The van der Waals surface area contributed by atoms with Gasteiger partial charge in [0, 0.05) is 40.2 Å². The highest BCUT2D eigenvalue weighted by atomic mass is 32.2. The van der Waals surface area contributed by atoms with Crippen molar-refractivity contribution in [2.45, 2.75) is 9.79 Å². The van der Waals surface area contributed by atoms with Crippen molar-refractivity contribution in [1.29, 1.82) is 0 Å². The lowest BCUT2D eigenvalue weighted by Crippen LogP contribution is -2.06. The Bertz CT molecular complexity index is 3080. The number of fused-ring (bicyclic) bond motifs is 9. The van der Waals surface area contributed by atoms with E-state index in [0.29, 0.717) is 34.0 Å². The average Bonchev–Trinajstić information content (AvgIpc) is 3.30. The van der Waals surface area contributed by atoms with Gasteiger partial charge in [0.1, 0.15) is 0 Å². The summed E-state index contributed by atoms with van der Waals surface area (Å²) >= 11 is 0. The first-order chi connectivity index (χ1) is 28.0. The van der Waals surface area contributed by atoms with Crippen molar-refractivity contribution < 1.29 is 8.42 Å². The Morgan fingerprint density at radius 1 is 0.316 bits per heavy atom. The van der Waals surface area contributed by atoms with Crippen molar-refractivity contribution in [1.82, 2.24) is 19.9 Å². The molecule has 270 valence electrons. The molecule has 0 spiro atoms. The molecule has 0 bridgehead atoms. The monoisotopic (exact) mass is 752 g/mol. The molecular formula is C50H32N4O2S. The number of hydrogen-bond donors (Lipinski definition) is 0. The van der Waals surface area contributed by atoms with Crippen molar-refractivity contribution in [3.63, 3.8) is 0 Å². The number of sulfone groups is 1. The summed E-state index contributed by atoms with van der Waals surface area (Å²) in [7, 11) is -4.02. The zero-order chi connectivity index (χ0) is 38.3. The summed E-state index contributed by atoms with van der Waals surface area (Å²) in [4.78, 5) is 20.0. The normalized spacial score (nSPS) is 12.5. The van der Waals surface area contributed by atoms with E-state index in [9.17, 15) is 8.42 Å². The predicted molar refractivity (Wildman–Crippen MR) is 227 cm³/mol. The summed E-state index contributed by atoms with van der Waals surface area (Å²) < 4.78 is 30.0. The van der Waals surface area contributed by atoms with E-state index in [0.717, 1.165) is 55.8 Å². The van der Waals surface area contributed by atoms with E-state index in [2.05, 4.69) is 46.4 Å². The van der Waals surface area contributed by atoms with Crippen LogP contribution in [0.4, 0.5) is 0 Å². The summed E-state index contributed by atoms with van der Waals surface area (Å²) in [6, 6.07) is 58.9. The molecule has 0 amide bonds. The maximum atomic E-state index is 15.0. The largest absolute Gasteiger partial charge is 0.236 e. The fourth-order valence-electron chi connectivity index (χ4n) is 7.69. The molecule has 0 N–H and O–H groups in total. The van der Waals surface area contributed by atoms with Gasteiger partial charge in [-0.05, 0) is 57.6 Å². The highest BCUT2D eigenvalue weighted by molar-refractivity contribution is 7.91. The fraction of sp³-hybridized carbons (Fsp3) is 0. The Morgan fingerprint density at radius 2 is 0.737 bits per heavy atom. The van der Waals surface area contributed by atoms with Gasteiger partial charge >= 0.3 is 0 Å².